The van der Waals surface area contributed by atoms with Gasteiger partial charge in [-0.05, 0) is 23.8 Å². The smallest absolute Gasteiger partial charge is 0.321 e. The van der Waals surface area contributed by atoms with E-state index in [0.717, 1.165) is 30.1 Å². The Morgan fingerprint density at radius 1 is 1.00 bits per heavy atom. The number of carbonyl (C=O) groups is 2. The third-order valence-electron chi connectivity index (χ3n) is 4.88. The quantitative estimate of drug-likeness (QED) is 0.833. The van der Waals surface area contributed by atoms with Crippen molar-refractivity contribution >= 4 is 23.3 Å². The molecule has 0 unspecified atom stereocenters. The second-order valence-corrected chi connectivity index (χ2v) is 6.58. The molecule has 2 aromatic carbocycles. The second kappa shape index (κ2) is 9.12. The van der Waals surface area contributed by atoms with Crippen LogP contribution in [0.5, 0.6) is 5.75 Å². The van der Waals surface area contributed by atoms with Gasteiger partial charge in [0.05, 0.1) is 19.2 Å². The summed E-state index contributed by atoms with van der Waals surface area (Å²) >= 11 is 0. The van der Waals surface area contributed by atoms with Crippen LogP contribution < -0.4 is 20.3 Å². The number of likely N-dealkylation sites (N-methyl/N-ethyl adjacent to an activating group) is 1. The number of methoxy groups -OCH3 is 1. The number of anilines is 2. The lowest BCUT2D eigenvalue weighted by Crippen LogP contribution is -2.50. The van der Waals surface area contributed by atoms with Gasteiger partial charge in [-0.15, -0.1) is 0 Å². The summed E-state index contributed by atoms with van der Waals surface area (Å²) in [6.07, 6.45) is 0.231. The van der Waals surface area contributed by atoms with E-state index < -0.39 is 0 Å². The van der Waals surface area contributed by atoms with Crippen LogP contribution in [0.2, 0.25) is 0 Å². The summed E-state index contributed by atoms with van der Waals surface area (Å²) < 4.78 is 5.44. The van der Waals surface area contributed by atoms with Crippen molar-refractivity contribution in [3.05, 3.63) is 54.1 Å². The number of carbonyl (C=O) groups excluding carboxylic acids is 2. The van der Waals surface area contributed by atoms with Crippen molar-refractivity contribution in [3.63, 3.8) is 0 Å². The SMILES string of the molecule is CNC(=O)Cc1ccccc1NC(=O)N1CCN(c2ccccc2OC)CC1. The molecule has 0 aromatic heterocycles. The summed E-state index contributed by atoms with van der Waals surface area (Å²) in [5, 5.41) is 5.56. The van der Waals surface area contributed by atoms with Crippen LogP contribution in [-0.2, 0) is 11.2 Å². The van der Waals surface area contributed by atoms with Crippen molar-refractivity contribution in [3.8, 4) is 5.75 Å². The standard InChI is InChI=1S/C21H26N4O3/c1-22-20(26)15-16-7-3-4-8-17(16)23-21(27)25-13-11-24(12-14-25)18-9-5-6-10-19(18)28-2/h3-10H,11-15H2,1-2H3,(H,22,26)(H,23,27). The lowest BCUT2D eigenvalue weighted by atomic mass is 10.1. The maximum Gasteiger partial charge on any atom is 0.321 e. The van der Waals surface area contributed by atoms with Crippen LogP contribution in [0.25, 0.3) is 0 Å². The summed E-state index contributed by atoms with van der Waals surface area (Å²) in [6, 6.07) is 15.1. The Morgan fingerprint density at radius 3 is 2.39 bits per heavy atom. The first-order valence-electron chi connectivity index (χ1n) is 9.34. The first kappa shape index (κ1) is 19.5. The summed E-state index contributed by atoms with van der Waals surface area (Å²) in [7, 11) is 3.27. The monoisotopic (exact) mass is 382 g/mol. The van der Waals surface area contributed by atoms with Gasteiger partial charge in [0, 0.05) is 38.9 Å². The Morgan fingerprint density at radius 2 is 1.68 bits per heavy atom. The minimum atomic E-state index is -0.149. The average Bonchev–Trinajstić information content (AvgIpc) is 2.75. The molecule has 3 rings (SSSR count). The number of urea groups is 1. The van der Waals surface area contributed by atoms with Gasteiger partial charge in [0.15, 0.2) is 0 Å². The van der Waals surface area contributed by atoms with Crippen LogP contribution >= 0.6 is 0 Å². The number of para-hydroxylation sites is 3. The molecule has 0 saturated carbocycles. The first-order chi connectivity index (χ1) is 13.6. The van der Waals surface area contributed by atoms with Gasteiger partial charge < -0.3 is 25.2 Å². The number of rotatable bonds is 5. The zero-order chi connectivity index (χ0) is 19.9. The zero-order valence-electron chi connectivity index (χ0n) is 16.3. The normalized spacial score (nSPS) is 13.8. The van der Waals surface area contributed by atoms with Gasteiger partial charge >= 0.3 is 6.03 Å². The van der Waals surface area contributed by atoms with Crippen LogP contribution in [0, 0.1) is 0 Å². The van der Waals surface area contributed by atoms with E-state index in [1.54, 1.807) is 19.1 Å². The maximum atomic E-state index is 12.7. The van der Waals surface area contributed by atoms with Gasteiger partial charge in [0.25, 0.3) is 0 Å². The molecule has 3 amide bonds. The van der Waals surface area contributed by atoms with E-state index in [0.29, 0.717) is 18.8 Å². The highest BCUT2D eigenvalue weighted by atomic mass is 16.5. The Hall–Kier alpha value is -3.22. The molecular formula is C21H26N4O3. The average molecular weight is 382 g/mol. The molecule has 148 valence electrons. The molecule has 1 saturated heterocycles. The topological polar surface area (TPSA) is 73.9 Å². The molecule has 0 radical (unpaired) electrons. The maximum absolute atomic E-state index is 12.7. The van der Waals surface area contributed by atoms with E-state index in [-0.39, 0.29) is 18.4 Å². The van der Waals surface area contributed by atoms with E-state index in [1.807, 2.05) is 48.5 Å². The van der Waals surface area contributed by atoms with Crippen molar-refractivity contribution in [2.24, 2.45) is 0 Å². The fourth-order valence-electron chi connectivity index (χ4n) is 3.29. The van der Waals surface area contributed by atoms with Gasteiger partial charge in [0.1, 0.15) is 5.75 Å². The van der Waals surface area contributed by atoms with E-state index in [1.165, 1.54) is 0 Å². The number of piperazine rings is 1. The zero-order valence-corrected chi connectivity index (χ0v) is 16.3. The highest BCUT2D eigenvalue weighted by Gasteiger charge is 2.23. The molecule has 2 aromatic rings. The molecule has 1 fully saturated rings. The van der Waals surface area contributed by atoms with Crippen LogP contribution in [0.15, 0.2) is 48.5 Å². The largest absolute Gasteiger partial charge is 0.495 e. The molecule has 0 bridgehead atoms. The van der Waals surface area contributed by atoms with Crippen molar-refractivity contribution in [1.29, 1.82) is 0 Å². The van der Waals surface area contributed by atoms with Gasteiger partial charge in [-0.25, -0.2) is 4.79 Å². The third kappa shape index (κ3) is 4.54. The second-order valence-electron chi connectivity index (χ2n) is 6.58. The molecule has 0 spiro atoms. The third-order valence-corrected chi connectivity index (χ3v) is 4.88. The number of nitrogens with zero attached hydrogens (tertiary/aromatic N) is 2. The molecular weight excluding hydrogens is 356 g/mol. The summed E-state index contributed by atoms with van der Waals surface area (Å²) in [5.41, 5.74) is 2.51. The van der Waals surface area contributed by atoms with Crippen molar-refractivity contribution in [2.45, 2.75) is 6.42 Å². The number of ether oxygens (including phenoxy) is 1. The van der Waals surface area contributed by atoms with Gasteiger partial charge in [-0.3, -0.25) is 4.79 Å². The number of nitrogens with one attached hydrogen (secondary N) is 2. The highest BCUT2D eigenvalue weighted by Crippen LogP contribution is 2.28. The van der Waals surface area contributed by atoms with Crippen molar-refractivity contribution in [1.82, 2.24) is 10.2 Å². The van der Waals surface area contributed by atoms with Gasteiger partial charge in [0.2, 0.25) is 5.91 Å². The van der Waals surface area contributed by atoms with Crippen LogP contribution in [0.1, 0.15) is 5.56 Å². The van der Waals surface area contributed by atoms with E-state index in [4.69, 9.17) is 4.74 Å². The van der Waals surface area contributed by atoms with E-state index in [2.05, 4.69) is 15.5 Å². The van der Waals surface area contributed by atoms with Crippen LogP contribution in [-0.4, -0.2) is 57.2 Å². The lowest BCUT2D eigenvalue weighted by molar-refractivity contribution is -0.119. The minimum absolute atomic E-state index is 0.0906. The lowest BCUT2D eigenvalue weighted by Gasteiger charge is -2.36. The Bertz CT molecular complexity index is 832. The van der Waals surface area contributed by atoms with Gasteiger partial charge in [-0.1, -0.05) is 30.3 Å². The molecule has 1 heterocycles. The van der Waals surface area contributed by atoms with E-state index in [9.17, 15) is 9.59 Å². The Balaban J connectivity index is 1.61. The molecule has 0 aliphatic carbocycles. The Kier molecular flexibility index (Phi) is 6.37. The summed E-state index contributed by atoms with van der Waals surface area (Å²) in [5.74, 6) is 0.746. The molecule has 1 aliphatic heterocycles. The molecule has 7 heteroatoms. The summed E-state index contributed by atoms with van der Waals surface area (Å²) in [4.78, 5) is 28.4. The van der Waals surface area contributed by atoms with Crippen molar-refractivity contribution in [2.75, 3.05) is 50.6 Å². The number of hydrogen-bond donors (Lipinski definition) is 2. The number of hydrogen-bond acceptors (Lipinski definition) is 4. The molecule has 1 aliphatic rings. The predicted octanol–water partition coefficient (Wildman–Crippen LogP) is 2.34. The molecule has 0 atom stereocenters. The minimum Gasteiger partial charge on any atom is -0.495 e. The highest BCUT2D eigenvalue weighted by molar-refractivity contribution is 5.91. The predicted molar refractivity (Wildman–Crippen MR) is 110 cm³/mol. The van der Waals surface area contributed by atoms with Crippen molar-refractivity contribution < 1.29 is 14.3 Å². The number of amides is 3. The van der Waals surface area contributed by atoms with Crippen LogP contribution in [0.3, 0.4) is 0 Å². The van der Waals surface area contributed by atoms with E-state index >= 15 is 0 Å². The molecule has 7 nitrogen and oxygen atoms in total. The van der Waals surface area contributed by atoms with Gasteiger partial charge in [-0.2, -0.15) is 0 Å². The first-order valence-corrected chi connectivity index (χ1v) is 9.34. The number of benzene rings is 2. The fraction of sp³-hybridized carbons (Fsp3) is 0.333. The molecule has 2 N–H and O–H groups in total. The molecule has 28 heavy (non-hydrogen) atoms. The summed E-state index contributed by atoms with van der Waals surface area (Å²) in [6.45, 7) is 2.68. The van der Waals surface area contributed by atoms with Crippen LogP contribution in [0.4, 0.5) is 16.2 Å². The fourth-order valence-corrected chi connectivity index (χ4v) is 3.29. The Labute approximate surface area is 165 Å².